The molecule has 7 heteroatoms. The maximum atomic E-state index is 14.0. The van der Waals surface area contributed by atoms with E-state index in [9.17, 15) is 8.78 Å². The first kappa shape index (κ1) is 12.7. The van der Waals surface area contributed by atoms with Crippen LogP contribution in [0.1, 0.15) is 17.7 Å². The van der Waals surface area contributed by atoms with Gasteiger partial charge in [0.15, 0.2) is 0 Å². The van der Waals surface area contributed by atoms with Gasteiger partial charge in [-0.1, -0.05) is 16.1 Å². The molecule has 100 valence electrons. The van der Waals surface area contributed by atoms with Gasteiger partial charge in [-0.05, 0) is 24.5 Å². The van der Waals surface area contributed by atoms with Gasteiger partial charge in [0.1, 0.15) is 21.7 Å². The maximum Gasteiger partial charge on any atom is 0.149 e. The number of nitrogens with zero attached hydrogens (tertiary/aromatic N) is 3. The van der Waals surface area contributed by atoms with Gasteiger partial charge in [-0.15, -0.1) is 5.10 Å². The molecular weight excluding hydrogens is 292 g/mol. The number of anilines is 1. The number of rotatable bonds is 2. The maximum absolute atomic E-state index is 14.0. The fourth-order valence-electron chi connectivity index (χ4n) is 2.37. The highest BCUT2D eigenvalue weighted by atomic mass is 35.5. The summed E-state index contributed by atoms with van der Waals surface area (Å²) in [4.78, 5) is 1.84. The van der Waals surface area contributed by atoms with Crippen molar-refractivity contribution in [2.24, 2.45) is 0 Å². The lowest BCUT2D eigenvalue weighted by atomic mass is 10.0. The summed E-state index contributed by atoms with van der Waals surface area (Å²) in [5.74, 6) is -1.07. The van der Waals surface area contributed by atoms with E-state index in [-0.39, 0.29) is 0 Å². The SMILES string of the molecule is Fc1cc(F)c2c(c1)CCCN2Cc1nnsc1Cl. The number of hydrogen-bond donors (Lipinski definition) is 0. The van der Waals surface area contributed by atoms with E-state index < -0.39 is 11.6 Å². The smallest absolute Gasteiger partial charge is 0.149 e. The van der Waals surface area contributed by atoms with Crippen molar-refractivity contribution in [3.05, 3.63) is 39.4 Å². The predicted molar refractivity (Wildman–Crippen MR) is 70.6 cm³/mol. The summed E-state index contributed by atoms with van der Waals surface area (Å²) in [6.45, 7) is 1.09. The first-order chi connectivity index (χ1) is 9.15. The van der Waals surface area contributed by atoms with Crippen LogP contribution in [0.2, 0.25) is 4.34 Å². The highest BCUT2D eigenvalue weighted by Crippen LogP contribution is 2.32. The summed E-state index contributed by atoms with van der Waals surface area (Å²) in [5, 5.41) is 3.93. The molecule has 2 aromatic rings. The Balaban J connectivity index is 1.96. The number of halogens is 3. The van der Waals surface area contributed by atoms with E-state index in [2.05, 4.69) is 9.59 Å². The van der Waals surface area contributed by atoms with Crippen LogP contribution in [-0.2, 0) is 13.0 Å². The van der Waals surface area contributed by atoms with Crippen LogP contribution in [0.5, 0.6) is 0 Å². The molecule has 1 aromatic heterocycles. The lowest BCUT2D eigenvalue weighted by Crippen LogP contribution is -2.30. The van der Waals surface area contributed by atoms with E-state index in [1.165, 1.54) is 6.07 Å². The van der Waals surface area contributed by atoms with Gasteiger partial charge in [-0.25, -0.2) is 8.78 Å². The minimum absolute atomic E-state index is 0.394. The van der Waals surface area contributed by atoms with Gasteiger partial charge in [0, 0.05) is 24.1 Å². The minimum Gasteiger partial charge on any atom is -0.363 e. The Morgan fingerprint density at radius 1 is 1.37 bits per heavy atom. The van der Waals surface area contributed by atoms with E-state index in [4.69, 9.17) is 11.6 Å². The second-order valence-corrected chi connectivity index (χ2v) is 5.77. The Hall–Kier alpha value is -1.27. The molecule has 0 saturated heterocycles. The summed E-state index contributed by atoms with van der Waals surface area (Å²) in [5.41, 5.74) is 1.78. The molecular formula is C12H10ClF2N3S. The zero-order valence-corrected chi connectivity index (χ0v) is 11.4. The monoisotopic (exact) mass is 301 g/mol. The number of hydrogen-bond acceptors (Lipinski definition) is 4. The lowest BCUT2D eigenvalue weighted by molar-refractivity contribution is 0.561. The van der Waals surface area contributed by atoms with Crippen LogP contribution in [0.3, 0.4) is 0 Å². The molecule has 2 heterocycles. The van der Waals surface area contributed by atoms with Crippen LogP contribution < -0.4 is 4.90 Å². The Morgan fingerprint density at radius 2 is 2.21 bits per heavy atom. The molecule has 0 spiro atoms. The van der Waals surface area contributed by atoms with E-state index in [1.807, 2.05) is 4.90 Å². The fourth-order valence-corrected chi connectivity index (χ4v) is 2.98. The van der Waals surface area contributed by atoms with Crippen molar-refractivity contribution in [1.29, 1.82) is 0 Å². The Kier molecular flexibility index (Phi) is 3.36. The Morgan fingerprint density at radius 3 is 2.95 bits per heavy atom. The van der Waals surface area contributed by atoms with Gasteiger partial charge in [-0.2, -0.15) is 0 Å². The normalized spacial score (nSPS) is 14.6. The third-order valence-electron chi connectivity index (χ3n) is 3.15. The van der Waals surface area contributed by atoms with E-state index in [0.29, 0.717) is 40.8 Å². The van der Waals surface area contributed by atoms with Crippen molar-refractivity contribution in [2.45, 2.75) is 19.4 Å². The average Bonchev–Trinajstić information content (AvgIpc) is 2.74. The van der Waals surface area contributed by atoms with Gasteiger partial charge >= 0.3 is 0 Å². The van der Waals surface area contributed by atoms with Gasteiger partial charge in [-0.3, -0.25) is 0 Å². The quantitative estimate of drug-likeness (QED) is 0.851. The molecule has 0 bridgehead atoms. The summed E-state index contributed by atoms with van der Waals surface area (Å²) < 4.78 is 31.5. The van der Waals surface area contributed by atoms with Crippen LogP contribution in [0.15, 0.2) is 12.1 Å². The van der Waals surface area contributed by atoms with Crippen LogP contribution in [-0.4, -0.2) is 16.1 Å². The van der Waals surface area contributed by atoms with Gasteiger partial charge in [0.25, 0.3) is 0 Å². The van der Waals surface area contributed by atoms with Crippen molar-refractivity contribution >= 4 is 28.8 Å². The molecule has 0 saturated carbocycles. The molecule has 3 nitrogen and oxygen atoms in total. The number of fused-ring (bicyclic) bond motifs is 1. The molecule has 1 aromatic carbocycles. The Labute approximate surface area is 118 Å². The third-order valence-corrected chi connectivity index (χ3v) is 4.13. The van der Waals surface area contributed by atoms with Crippen LogP contribution in [0, 0.1) is 11.6 Å². The van der Waals surface area contributed by atoms with Crippen LogP contribution in [0.25, 0.3) is 0 Å². The van der Waals surface area contributed by atoms with Crippen LogP contribution in [0.4, 0.5) is 14.5 Å². The second kappa shape index (κ2) is 5.02. The van der Waals surface area contributed by atoms with Gasteiger partial charge in [0.2, 0.25) is 0 Å². The van der Waals surface area contributed by atoms with Crippen LogP contribution >= 0.6 is 23.1 Å². The topological polar surface area (TPSA) is 29.0 Å². The molecule has 19 heavy (non-hydrogen) atoms. The Bertz CT molecular complexity index is 617. The van der Waals surface area contributed by atoms with Gasteiger partial charge in [0.05, 0.1) is 12.2 Å². The minimum atomic E-state index is -0.536. The second-order valence-electron chi connectivity index (χ2n) is 4.41. The van der Waals surface area contributed by atoms with Crippen molar-refractivity contribution in [3.8, 4) is 0 Å². The fraction of sp³-hybridized carbons (Fsp3) is 0.333. The van der Waals surface area contributed by atoms with E-state index >= 15 is 0 Å². The number of benzene rings is 1. The van der Waals surface area contributed by atoms with Crippen molar-refractivity contribution in [2.75, 3.05) is 11.4 Å². The largest absolute Gasteiger partial charge is 0.363 e. The lowest BCUT2D eigenvalue weighted by Gasteiger charge is -2.31. The number of aromatic nitrogens is 2. The van der Waals surface area contributed by atoms with Crippen molar-refractivity contribution in [1.82, 2.24) is 9.59 Å². The number of aryl methyl sites for hydroxylation is 1. The standard InChI is InChI=1S/C12H10ClF2N3S/c13-12-10(16-17-19-12)6-18-3-1-2-7-4-8(14)5-9(15)11(7)18/h4-5H,1-3,6H2. The summed E-state index contributed by atoms with van der Waals surface area (Å²) in [6, 6.07) is 2.31. The molecule has 1 aliphatic rings. The average molecular weight is 302 g/mol. The molecule has 0 N–H and O–H groups in total. The molecule has 0 amide bonds. The zero-order valence-electron chi connectivity index (χ0n) is 9.87. The molecule has 0 aliphatic carbocycles. The summed E-state index contributed by atoms with van der Waals surface area (Å²) >= 11 is 7.07. The first-order valence-corrected chi connectivity index (χ1v) is 7.00. The molecule has 3 rings (SSSR count). The van der Waals surface area contributed by atoms with E-state index in [0.717, 1.165) is 24.0 Å². The molecule has 1 aliphatic heterocycles. The summed E-state index contributed by atoms with van der Waals surface area (Å²) in [7, 11) is 0. The van der Waals surface area contributed by atoms with E-state index in [1.54, 1.807) is 0 Å². The first-order valence-electron chi connectivity index (χ1n) is 5.85. The highest BCUT2D eigenvalue weighted by molar-refractivity contribution is 7.10. The highest BCUT2D eigenvalue weighted by Gasteiger charge is 2.23. The molecule has 0 fully saturated rings. The van der Waals surface area contributed by atoms with Gasteiger partial charge < -0.3 is 4.90 Å². The molecule has 0 atom stereocenters. The zero-order chi connectivity index (χ0) is 13.4. The summed E-state index contributed by atoms with van der Waals surface area (Å²) in [6.07, 6.45) is 1.54. The predicted octanol–water partition coefficient (Wildman–Crippen LogP) is 3.42. The molecule has 0 unspecified atom stereocenters. The van der Waals surface area contributed by atoms with Crippen molar-refractivity contribution in [3.63, 3.8) is 0 Å². The van der Waals surface area contributed by atoms with Crippen molar-refractivity contribution < 1.29 is 8.78 Å². The molecule has 0 radical (unpaired) electrons. The third kappa shape index (κ3) is 2.42.